The summed E-state index contributed by atoms with van der Waals surface area (Å²) in [4.78, 5) is 38.5. The lowest BCUT2D eigenvalue weighted by Crippen LogP contribution is -2.71. The third-order valence-corrected chi connectivity index (χ3v) is 9.65. The molecule has 5 aliphatic rings. The molecular formula is C24H30ClFO6. The van der Waals surface area contributed by atoms with Crippen molar-refractivity contribution < 1.29 is 33.4 Å². The van der Waals surface area contributed by atoms with E-state index < -0.39 is 51.9 Å². The van der Waals surface area contributed by atoms with E-state index in [-0.39, 0.29) is 54.5 Å². The Morgan fingerprint density at radius 2 is 1.94 bits per heavy atom. The van der Waals surface area contributed by atoms with Gasteiger partial charge in [-0.2, -0.15) is 0 Å². The quantitative estimate of drug-likeness (QED) is 0.626. The minimum atomic E-state index is -2.10. The number of fused-ring (bicyclic) bond motifs is 7. The zero-order valence-corrected chi connectivity index (χ0v) is 19.6. The van der Waals surface area contributed by atoms with E-state index in [2.05, 4.69) is 0 Å². The number of carbonyl (C=O) groups excluding carboxylic acids is 3. The highest BCUT2D eigenvalue weighted by atomic mass is 35.5. The average Bonchev–Trinajstić information content (AvgIpc) is 3.11. The van der Waals surface area contributed by atoms with Gasteiger partial charge in [0.2, 0.25) is 0 Å². The van der Waals surface area contributed by atoms with Crippen LogP contribution in [-0.2, 0) is 23.9 Å². The SMILES string of the molecule is CC1(C)O[C@@H]2C[C@H]3[C@@H]4CC(=O)C5=CC(=O)CC[C@]5(C)[C@@]4(F)[C@@H](O)C[C@]3(C)[C@]2(C(=O)CCl)O1. The Balaban J connectivity index is 1.66. The molecule has 0 radical (unpaired) electrons. The summed E-state index contributed by atoms with van der Waals surface area (Å²) in [5.41, 5.74) is -5.54. The summed E-state index contributed by atoms with van der Waals surface area (Å²) in [5.74, 6) is -3.34. The van der Waals surface area contributed by atoms with Crippen LogP contribution < -0.4 is 0 Å². The number of halogens is 2. The molecule has 1 saturated heterocycles. The molecular weight excluding hydrogens is 439 g/mol. The van der Waals surface area contributed by atoms with Gasteiger partial charge in [-0.3, -0.25) is 14.4 Å². The van der Waals surface area contributed by atoms with Crippen LogP contribution in [0.3, 0.4) is 0 Å². The van der Waals surface area contributed by atoms with Crippen molar-refractivity contribution in [3.8, 4) is 0 Å². The molecule has 32 heavy (non-hydrogen) atoms. The molecule has 1 heterocycles. The van der Waals surface area contributed by atoms with Crippen LogP contribution in [0.2, 0.25) is 0 Å². The fourth-order valence-corrected chi connectivity index (χ4v) is 8.29. The molecule has 0 amide bonds. The molecule has 0 aromatic heterocycles. The molecule has 6 nitrogen and oxygen atoms in total. The van der Waals surface area contributed by atoms with Crippen LogP contribution in [0, 0.1) is 22.7 Å². The number of Topliss-reactive ketones (excluding diaryl/α,β-unsaturated/α-hetero) is 2. The number of alkyl halides is 2. The third-order valence-electron chi connectivity index (χ3n) is 9.41. The minimum absolute atomic E-state index is 0.0196. The Morgan fingerprint density at radius 1 is 1.25 bits per heavy atom. The van der Waals surface area contributed by atoms with Crippen LogP contribution in [0.25, 0.3) is 0 Å². The van der Waals surface area contributed by atoms with Gasteiger partial charge in [-0.1, -0.05) is 13.8 Å². The lowest BCUT2D eigenvalue weighted by Gasteiger charge is -2.63. The van der Waals surface area contributed by atoms with Crippen molar-refractivity contribution in [3.63, 3.8) is 0 Å². The first-order valence-corrected chi connectivity index (χ1v) is 11.9. The fourth-order valence-electron chi connectivity index (χ4n) is 8.09. The van der Waals surface area contributed by atoms with Crippen LogP contribution in [0.15, 0.2) is 11.6 Å². The van der Waals surface area contributed by atoms with Crippen molar-refractivity contribution >= 4 is 29.0 Å². The van der Waals surface area contributed by atoms with Crippen molar-refractivity contribution in [2.24, 2.45) is 22.7 Å². The molecule has 8 heteroatoms. The highest BCUT2D eigenvalue weighted by Crippen LogP contribution is 2.72. The van der Waals surface area contributed by atoms with Crippen LogP contribution in [0.4, 0.5) is 4.39 Å². The summed E-state index contributed by atoms with van der Waals surface area (Å²) < 4.78 is 29.6. The standard InChI is InChI=1S/C24H30ClFO6/c1-20(2)31-19-9-13-14-8-16(28)15-7-12(27)5-6-21(15,3)23(14,26)17(29)10-22(13,4)24(19,32-20)18(30)11-25/h7,13-14,17,19,29H,5-6,8-11H2,1-4H3/t13-,14-,17-,19+,21-,22-,23-,24+/m0/s1. The van der Waals surface area contributed by atoms with Gasteiger partial charge in [-0.05, 0) is 45.1 Å². The van der Waals surface area contributed by atoms with E-state index in [1.165, 1.54) is 6.08 Å². The fraction of sp³-hybridized carbons (Fsp3) is 0.792. The molecule has 3 saturated carbocycles. The first-order valence-electron chi connectivity index (χ1n) is 11.4. The summed E-state index contributed by atoms with van der Waals surface area (Å²) in [6, 6.07) is 0. The molecule has 0 unspecified atom stereocenters. The van der Waals surface area contributed by atoms with Gasteiger partial charge < -0.3 is 14.6 Å². The molecule has 4 fully saturated rings. The van der Waals surface area contributed by atoms with Crippen molar-refractivity contribution in [1.29, 1.82) is 0 Å². The van der Waals surface area contributed by atoms with Gasteiger partial charge in [0.05, 0.1) is 18.1 Å². The Morgan fingerprint density at radius 3 is 2.59 bits per heavy atom. The summed E-state index contributed by atoms with van der Waals surface area (Å²) in [7, 11) is 0. The van der Waals surface area contributed by atoms with Gasteiger partial charge in [-0.15, -0.1) is 11.6 Å². The number of aliphatic hydroxyl groups excluding tert-OH is 1. The smallest absolute Gasteiger partial charge is 0.182 e. The van der Waals surface area contributed by atoms with E-state index in [9.17, 15) is 19.5 Å². The van der Waals surface area contributed by atoms with E-state index in [1.54, 1.807) is 20.8 Å². The van der Waals surface area contributed by atoms with Crippen molar-refractivity contribution in [2.75, 3.05) is 5.88 Å². The average molecular weight is 469 g/mol. The van der Waals surface area contributed by atoms with Gasteiger partial charge in [0.15, 0.2) is 28.7 Å². The second-order valence-electron chi connectivity index (χ2n) is 11.2. The van der Waals surface area contributed by atoms with E-state index >= 15 is 4.39 Å². The normalized spacial score (nSPS) is 51.4. The second-order valence-corrected chi connectivity index (χ2v) is 11.5. The largest absolute Gasteiger partial charge is 0.390 e. The Bertz CT molecular complexity index is 962. The molecule has 0 aromatic carbocycles. The maximum absolute atomic E-state index is 17.2. The van der Waals surface area contributed by atoms with E-state index in [0.717, 1.165) is 0 Å². The molecule has 5 rings (SSSR count). The van der Waals surface area contributed by atoms with Crippen LogP contribution in [0.1, 0.15) is 59.8 Å². The number of ketones is 3. The maximum Gasteiger partial charge on any atom is 0.182 e. The van der Waals surface area contributed by atoms with Crippen LogP contribution in [0.5, 0.6) is 0 Å². The molecule has 4 aliphatic carbocycles. The first kappa shape index (κ1) is 22.6. The summed E-state index contributed by atoms with van der Waals surface area (Å²) in [5, 5.41) is 11.4. The summed E-state index contributed by atoms with van der Waals surface area (Å²) >= 11 is 6.02. The van der Waals surface area contributed by atoms with Gasteiger partial charge in [0.1, 0.15) is 5.67 Å². The minimum Gasteiger partial charge on any atom is -0.390 e. The molecule has 1 N–H and O–H groups in total. The van der Waals surface area contributed by atoms with E-state index in [4.69, 9.17) is 21.1 Å². The Labute approximate surface area is 191 Å². The van der Waals surface area contributed by atoms with Crippen molar-refractivity contribution in [2.45, 2.75) is 89.1 Å². The number of hydrogen-bond donors (Lipinski definition) is 1. The topological polar surface area (TPSA) is 89.9 Å². The van der Waals surface area contributed by atoms with Gasteiger partial charge in [0.25, 0.3) is 0 Å². The molecule has 1 aliphatic heterocycles. The Kier molecular flexibility index (Phi) is 4.59. The van der Waals surface area contributed by atoms with Crippen molar-refractivity contribution in [1.82, 2.24) is 0 Å². The predicted molar refractivity (Wildman–Crippen MR) is 113 cm³/mol. The number of rotatable bonds is 2. The van der Waals surface area contributed by atoms with Gasteiger partial charge in [0, 0.05) is 35.2 Å². The maximum atomic E-state index is 17.2. The second kappa shape index (κ2) is 6.49. The van der Waals surface area contributed by atoms with Crippen LogP contribution >= 0.6 is 11.6 Å². The zero-order valence-electron chi connectivity index (χ0n) is 18.9. The Hall–Kier alpha value is -1.15. The monoisotopic (exact) mass is 468 g/mol. The van der Waals surface area contributed by atoms with Crippen molar-refractivity contribution in [3.05, 3.63) is 11.6 Å². The molecule has 0 spiro atoms. The summed E-state index contributed by atoms with van der Waals surface area (Å²) in [6.45, 7) is 6.96. The molecule has 0 aromatic rings. The number of ether oxygens (including phenoxy) is 2. The highest BCUT2D eigenvalue weighted by Gasteiger charge is 2.80. The number of aliphatic hydroxyl groups is 1. The lowest BCUT2D eigenvalue weighted by molar-refractivity contribution is -0.248. The number of carbonyl (C=O) groups is 3. The molecule has 176 valence electrons. The van der Waals surface area contributed by atoms with E-state index in [1.807, 2.05) is 6.92 Å². The van der Waals surface area contributed by atoms with Gasteiger partial charge >= 0.3 is 0 Å². The number of allylic oxidation sites excluding steroid dienone is 1. The van der Waals surface area contributed by atoms with E-state index in [0.29, 0.717) is 6.42 Å². The predicted octanol–water partition coefficient (Wildman–Crippen LogP) is 3.07. The van der Waals surface area contributed by atoms with Gasteiger partial charge in [-0.25, -0.2) is 4.39 Å². The number of hydrogen-bond acceptors (Lipinski definition) is 6. The first-order chi connectivity index (χ1) is 14.8. The zero-order chi connectivity index (χ0) is 23.5. The molecule has 0 bridgehead atoms. The molecule has 8 atom stereocenters. The van der Waals surface area contributed by atoms with Crippen LogP contribution in [-0.4, -0.2) is 57.6 Å². The summed E-state index contributed by atoms with van der Waals surface area (Å²) in [6.07, 6.45) is -0.286. The lowest BCUT2D eigenvalue weighted by atomic mass is 9.43. The highest BCUT2D eigenvalue weighted by molar-refractivity contribution is 6.29. The third kappa shape index (κ3) is 2.39.